The third-order valence-electron chi connectivity index (χ3n) is 7.87. The molecule has 1 aliphatic carbocycles. The second-order valence-corrected chi connectivity index (χ2v) is 10.5. The average molecular weight is 563 g/mol. The predicted octanol–water partition coefficient (Wildman–Crippen LogP) is 3.84. The summed E-state index contributed by atoms with van der Waals surface area (Å²) in [6, 6.07) is 14.2. The standard InChI is InChI=1S/C30H34N6O3.ClH/c1-18-17-33-12-11-24(18)22-4-2-3-20(13-22)14-27(28(32)37)36(29(38)21-7-5-19(16-31)6-8-21)23-9-10-25-26(15-23)35-30(39)34-25;/h2-4,9-13,15,17,19,21,27H,5-8,14,16,31H2,1H3,(H2,32,37)(H2,34,35,39);1H/t19-,21-,27-;/m0./s1. The number of carbonyl (C=O) groups excluding carboxylic acids is 2. The van der Waals surface area contributed by atoms with Crippen molar-refractivity contribution >= 4 is 40.9 Å². The molecule has 4 aromatic rings. The molecule has 0 bridgehead atoms. The molecule has 1 fully saturated rings. The van der Waals surface area contributed by atoms with Crippen LogP contribution < -0.4 is 22.1 Å². The van der Waals surface area contributed by atoms with Gasteiger partial charge in [0.2, 0.25) is 11.8 Å². The van der Waals surface area contributed by atoms with Gasteiger partial charge < -0.3 is 21.4 Å². The van der Waals surface area contributed by atoms with Gasteiger partial charge in [-0.05, 0) is 91.6 Å². The number of nitrogens with two attached hydrogens (primary N) is 2. The van der Waals surface area contributed by atoms with Gasteiger partial charge >= 0.3 is 5.69 Å². The van der Waals surface area contributed by atoms with E-state index in [2.05, 4.69) is 15.0 Å². The molecule has 40 heavy (non-hydrogen) atoms. The van der Waals surface area contributed by atoms with Gasteiger partial charge in [0.1, 0.15) is 6.04 Å². The van der Waals surface area contributed by atoms with Crippen LogP contribution >= 0.6 is 12.4 Å². The Morgan fingerprint density at radius 1 is 1.05 bits per heavy atom. The molecule has 0 radical (unpaired) electrons. The number of aromatic nitrogens is 3. The summed E-state index contributed by atoms with van der Waals surface area (Å²) in [4.78, 5) is 50.2. The number of primary amides is 1. The van der Waals surface area contributed by atoms with E-state index in [9.17, 15) is 14.4 Å². The van der Waals surface area contributed by atoms with Crippen LogP contribution in [0.3, 0.4) is 0 Å². The molecule has 210 valence electrons. The summed E-state index contributed by atoms with van der Waals surface area (Å²) in [6.07, 6.45) is 6.99. The van der Waals surface area contributed by atoms with Crippen molar-refractivity contribution < 1.29 is 9.59 Å². The summed E-state index contributed by atoms with van der Waals surface area (Å²) in [7, 11) is 0. The minimum atomic E-state index is -0.915. The lowest BCUT2D eigenvalue weighted by molar-refractivity contribution is -0.127. The highest BCUT2D eigenvalue weighted by Gasteiger charge is 2.36. The van der Waals surface area contributed by atoms with Crippen LogP contribution in [-0.4, -0.2) is 39.4 Å². The summed E-state index contributed by atoms with van der Waals surface area (Å²) in [5.74, 6) is -0.545. The van der Waals surface area contributed by atoms with Crippen LogP contribution in [0.2, 0.25) is 0 Å². The van der Waals surface area contributed by atoms with E-state index < -0.39 is 11.9 Å². The summed E-state index contributed by atoms with van der Waals surface area (Å²) in [6.45, 7) is 2.61. The molecule has 9 nitrogen and oxygen atoms in total. The van der Waals surface area contributed by atoms with Crippen LogP contribution in [0.5, 0.6) is 0 Å². The molecule has 2 amide bonds. The van der Waals surface area contributed by atoms with E-state index in [-0.39, 0.29) is 36.3 Å². The number of benzene rings is 2. The van der Waals surface area contributed by atoms with Crippen molar-refractivity contribution in [3.63, 3.8) is 0 Å². The maximum absolute atomic E-state index is 14.1. The van der Waals surface area contributed by atoms with Crippen molar-refractivity contribution in [1.29, 1.82) is 0 Å². The first-order chi connectivity index (χ1) is 18.8. The third kappa shape index (κ3) is 6.11. The van der Waals surface area contributed by atoms with Crippen LogP contribution in [0, 0.1) is 18.8 Å². The van der Waals surface area contributed by atoms with E-state index in [0.29, 0.717) is 42.0 Å². The molecule has 1 saturated carbocycles. The number of carbonyl (C=O) groups is 2. The number of halogens is 1. The lowest BCUT2D eigenvalue weighted by atomic mass is 9.81. The molecule has 2 aromatic heterocycles. The van der Waals surface area contributed by atoms with E-state index in [1.165, 1.54) is 0 Å². The highest BCUT2D eigenvalue weighted by atomic mass is 35.5. The molecule has 0 saturated heterocycles. The van der Waals surface area contributed by atoms with E-state index in [4.69, 9.17) is 11.5 Å². The zero-order valence-electron chi connectivity index (χ0n) is 22.4. The van der Waals surface area contributed by atoms with E-state index >= 15 is 0 Å². The van der Waals surface area contributed by atoms with Crippen molar-refractivity contribution in [1.82, 2.24) is 15.0 Å². The number of nitrogens with zero attached hydrogens (tertiary/aromatic N) is 2. The summed E-state index contributed by atoms with van der Waals surface area (Å²) in [5.41, 5.74) is 17.2. The third-order valence-corrected chi connectivity index (χ3v) is 7.87. The van der Waals surface area contributed by atoms with Crippen molar-refractivity contribution in [2.24, 2.45) is 23.3 Å². The fourth-order valence-electron chi connectivity index (χ4n) is 5.68. The quantitative estimate of drug-likeness (QED) is 0.257. The summed E-state index contributed by atoms with van der Waals surface area (Å²) < 4.78 is 0. The van der Waals surface area contributed by atoms with Gasteiger partial charge in [0, 0.05) is 30.4 Å². The minimum Gasteiger partial charge on any atom is -0.368 e. The van der Waals surface area contributed by atoms with Crippen LogP contribution in [0.15, 0.2) is 65.7 Å². The minimum absolute atomic E-state index is 0. The monoisotopic (exact) mass is 562 g/mol. The maximum Gasteiger partial charge on any atom is 0.323 e. The largest absolute Gasteiger partial charge is 0.368 e. The first-order valence-corrected chi connectivity index (χ1v) is 13.4. The molecule has 10 heteroatoms. The number of anilines is 1. The Bertz CT molecular complexity index is 1560. The molecule has 5 rings (SSSR count). The topological polar surface area (TPSA) is 151 Å². The average Bonchev–Trinajstić information content (AvgIpc) is 3.32. The fraction of sp³-hybridized carbons (Fsp3) is 0.333. The number of aryl methyl sites for hydroxylation is 1. The summed E-state index contributed by atoms with van der Waals surface area (Å²) in [5, 5.41) is 0. The van der Waals surface area contributed by atoms with Gasteiger partial charge in [-0.1, -0.05) is 24.3 Å². The Kier molecular flexibility index (Phi) is 9.07. The van der Waals surface area contributed by atoms with Crippen LogP contribution in [0.25, 0.3) is 22.2 Å². The van der Waals surface area contributed by atoms with Gasteiger partial charge in [-0.3, -0.25) is 19.5 Å². The lowest BCUT2D eigenvalue weighted by Gasteiger charge is -2.35. The number of hydrogen-bond donors (Lipinski definition) is 4. The molecule has 0 aliphatic heterocycles. The van der Waals surface area contributed by atoms with Gasteiger partial charge in [-0.25, -0.2) is 4.79 Å². The zero-order valence-corrected chi connectivity index (χ0v) is 23.2. The highest BCUT2D eigenvalue weighted by molar-refractivity contribution is 6.02. The lowest BCUT2D eigenvalue weighted by Crippen LogP contribution is -2.52. The number of nitrogens with one attached hydrogen (secondary N) is 2. The Morgan fingerprint density at radius 2 is 1.80 bits per heavy atom. The number of aromatic amines is 2. The van der Waals surface area contributed by atoms with E-state index in [1.54, 1.807) is 29.3 Å². The number of imidazole rings is 1. The van der Waals surface area contributed by atoms with Crippen molar-refractivity contribution in [3.05, 3.63) is 82.5 Å². The number of fused-ring (bicyclic) bond motifs is 1. The smallest absolute Gasteiger partial charge is 0.323 e. The molecule has 1 atom stereocenters. The molecular weight excluding hydrogens is 528 g/mol. The Balaban J connectivity index is 0.00000370. The van der Waals surface area contributed by atoms with E-state index in [0.717, 1.165) is 35.1 Å². The van der Waals surface area contributed by atoms with Crippen LogP contribution in [-0.2, 0) is 16.0 Å². The van der Waals surface area contributed by atoms with Gasteiger partial charge in [0.15, 0.2) is 0 Å². The van der Waals surface area contributed by atoms with Crippen molar-refractivity contribution in [2.45, 2.75) is 45.1 Å². The fourth-order valence-corrected chi connectivity index (χ4v) is 5.68. The van der Waals surface area contributed by atoms with Gasteiger partial charge in [0.05, 0.1) is 11.0 Å². The maximum atomic E-state index is 14.1. The van der Waals surface area contributed by atoms with Crippen LogP contribution in [0.4, 0.5) is 5.69 Å². The Hall–Kier alpha value is -3.95. The Morgan fingerprint density at radius 3 is 2.50 bits per heavy atom. The molecule has 1 aliphatic rings. The number of hydrogen-bond acceptors (Lipinski definition) is 5. The van der Waals surface area contributed by atoms with Crippen molar-refractivity contribution in [2.75, 3.05) is 11.4 Å². The second kappa shape index (κ2) is 12.5. The number of amides is 2. The second-order valence-electron chi connectivity index (χ2n) is 10.5. The van der Waals surface area contributed by atoms with Crippen LogP contribution in [0.1, 0.15) is 36.8 Å². The van der Waals surface area contributed by atoms with Crippen molar-refractivity contribution in [3.8, 4) is 11.1 Å². The van der Waals surface area contributed by atoms with Gasteiger partial charge in [-0.15, -0.1) is 12.4 Å². The number of rotatable bonds is 8. The van der Waals surface area contributed by atoms with E-state index in [1.807, 2.05) is 43.5 Å². The zero-order chi connectivity index (χ0) is 27.5. The molecule has 0 unspecified atom stereocenters. The first kappa shape index (κ1) is 29.0. The SMILES string of the molecule is Cc1cnccc1-c1cccc(C[C@@H](C(N)=O)N(c2ccc3[nH]c(=O)[nH]c3c2)C(=O)[C@H]2CC[C@H](CN)CC2)c1.Cl. The molecule has 0 spiro atoms. The summed E-state index contributed by atoms with van der Waals surface area (Å²) >= 11 is 0. The van der Waals surface area contributed by atoms with Gasteiger partial charge in [0.25, 0.3) is 0 Å². The normalized spacial score (nSPS) is 17.6. The number of pyridine rings is 1. The first-order valence-electron chi connectivity index (χ1n) is 13.4. The molecule has 2 heterocycles. The highest BCUT2D eigenvalue weighted by Crippen LogP contribution is 2.33. The number of H-pyrrole nitrogens is 2. The Labute approximate surface area is 238 Å². The predicted molar refractivity (Wildman–Crippen MR) is 159 cm³/mol. The molecular formula is C30H35ClN6O3. The molecule has 6 N–H and O–H groups in total. The molecule has 2 aromatic carbocycles. The van der Waals surface area contributed by atoms with Gasteiger partial charge in [-0.2, -0.15) is 0 Å².